The molecule has 0 spiro atoms. The lowest BCUT2D eigenvalue weighted by atomic mass is 9.67. The maximum Gasteiger partial charge on any atom is 0.0714 e. The van der Waals surface area contributed by atoms with Crippen LogP contribution < -0.4 is 4.90 Å². The standard InChI is InChI=1S/C60H43N/c1-59(2)56-37-46(33-35-51(56)54-39-53(41-19-6-3-7-20-41)48-26-14-15-28-52(48)58(54)59)61(45-31-30-40-18-12-13-21-42(40)36-45)47-32-34-50-49-27-16-17-29-55(49)60(57(50)38-47,43-22-8-4-9-23-43)44-24-10-5-11-25-44/h3-39H,1-2H3. The first kappa shape index (κ1) is 35.5. The van der Waals surface area contributed by atoms with Crippen LogP contribution in [0, 0.1) is 0 Å². The molecule has 61 heavy (non-hydrogen) atoms. The molecule has 10 aromatic rings. The molecule has 1 heteroatoms. The Labute approximate surface area is 357 Å². The third kappa shape index (κ3) is 5.20. The molecule has 10 aromatic carbocycles. The molecule has 0 bridgehead atoms. The molecule has 1 nitrogen and oxygen atoms in total. The average molecular weight is 778 g/mol. The van der Waals surface area contributed by atoms with Crippen LogP contribution in [0.15, 0.2) is 224 Å². The second kappa shape index (κ2) is 13.5. The van der Waals surface area contributed by atoms with Crippen LogP contribution in [0.5, 0.6) is 0 Å². The Morgan fingerprint density at radius 1 is 0.328 bits per heavy atom. The zero-order chi connectivity index (χ0) is 40.7. The summed E-state index contributed by atoms with van der Waals surface area (Å²) in [4.78, 5) is 2.49. The summed E-state index contributed by atoms with van der Waals surface area (Å²) in [6.45, 7) is 4.83. The summed E-state index contributed by atoms with van der Waals surface area (Å²) in [5.74, 6) is 0. The van der Waals surface area contributed by atoms with E-state index < -0.39 is 5.41 Å². The molecule has 0 atom stereocenters. The van der Waals surface area contributed by atoms with Crippen molar-refractivity contribution in [3.63, 3.8) is 0 Å². The predicted molar refractivity (Wildman–Crippen MR) is 256 cm³/mol. The molecule has 0 saturated carbocycles. The van der Waals surface area contributed by atoms with Crippen molar-refractivity contribution in [2.24, 2.45) is 0 Å². The van der Waals surface area contributed by atoms with Crippen molar-refractivity contribution >= 4 is 38.6 Å². The van der Waals surface area contributed by atoms with E-state index in [0.29, 0.717) is 0 Å². The van der Waals surface area contributed by atoms with Crippen LogP contribution in [0.4, 0.5) is 17.1 Å². The van der Waals surface area contributed by atoms with Crippen LogP contribution in [0.3, 0.4) is 0 Å². The Balaban J connectivity index is 1.10. The summed E-state index contributed by atoms with van der Waals surface area (Å²) in [6.07, 6.45) is 0. The Kier molecular flexibility index (Phi) is 7.86. The van der Waals surface area contributed by atoms with Gasteiger partial charge in [0, 0.05) is 22.5 Å². The number of fused-ring (bicyclic) bond motifs is 9. The van der Waals surface area contributed by atoms with Crippen LogP contribution in [-0.2, 0) is 10.8 Å². The van der Waals surface area contributed by atoms with Gasteiger partial charge in [-0.1, -0.05) is 196 Å². The normalized spacial score (nSPS) is 14.0. The molecular formula is C60H43N. The zero-order valence-electron chi connectivity index (χ0n) is 34.3. The molecule has 0 amide bonds. The highest BCUT2D eigenvalue weighted by Gasteiger charge is 2.46. The largest absolute Gasteiger partial charge is 0.310 e. The molecule has 2 aliphatic rings. The highest BCUT2D eigenvalue weighted by Crippen LogP contribution is 2.58. The number of rotatable bonds is 6. The van der Waals surface area contributed by atoms with Crippen molar-refractivity contribution in [2.45, 2.75) is 24.7 Å². The van der Waals surface area contributed by atoms with Crippen LogP contribution in [0.25, 0.3) is 54.9 Å². The molecule has 0 radical (unpaired) electrons. The van der Waals surface area contributed by atoms with Gasteiger partial charge >= 0.3 is 0 Å². The van der Waals surface area contributed by atoms with Gasteiger partial charge in [0.25, 0.3) is 0 Å². The summed E-state index contributed by atoms with van der Waals surface area (Å²) in [5.41, 5.74) is 18.3. The minimum Gasteiger partial charge on any atom is -0.310 e. The molecule has 0 aromatic heterocycles. The van der Waals surface area contributed by atoms with E-state index in [1.807, 2.05) is 0 Å². The topological polar surface area (TPSA) is 3.24 Å². The average Bonchev–Trinajstić information content (AvgIpc) is 3.74. The molecule has 0 N–H and O–H groups in total. The van der Waals surface area contributed by atoms with Crippen molar-refractivity contribution in [3.05, 3.63) is 258 Å². The lowest BCUT2D eigenvalue weighted by molar-refractivity contribution is 0.666. The zero-order valence-corrected chi connectivity index (χ0v) is 34.3. The first-order valence-corrected chi connectivity index (χ1v) is 21.4. The highest BCUT2D eigenvalue weighted by molar-refractivity contribution is 6.06. The third-order valence-corrected chi connectivity index (χ3v) is 13.7. The minimum atomic E-state index is -0.501. The first-order chi connectivity index (χ1) is 30.0. The number of benzene rings is 10. The highest BCUT2D eigenvalue weighted by atomic mass is 15.1. The Bertz CT molecular complexity index is 3290. The third-order valence-electron chi connectivity index (χ3n) is 13.7. The van der Waals surface area contributed by atoms with Crippen molar-refractivity contribution in [3.8, 4) is 33.4 Å². The van der Waals surface area contributed by atoms with Crippen molar-refractivity contribution in [1.82, 2.24) is 0 Å². The van der Waals surface area contributed by atoms with Gasteiger partial charge in [-0.2, -0.15) is 0 Å². The van der Waals surface area contributed by atoms with Crippen LogP contribution in [0.1, 0.15) is 47.2 Å². The fourth-order valence-corrected chi connectivity index (χ4v) is 11.0. The number of nitrogens with zero attached hydrogens (tertiary/aromatic N) is 1. The first-order valence-electron chi connectivity index (χ1n) is 21.4. The summed E-state index contributed by atoms with van der Waals surface area (Å²) in [6, 6.07) is 83.5. The van der Waals surface area contributed by atoms with Gasteiger partial charge in [0.15, 0.2) is 0 Å². The van der Waals surface area contributed by atoms with Gasteiger partial charge in [0.1, 0.15) is 0 Å². The molecule has 2 aliphatic carbocycles. The number of hydrogen-bond donors (Lipinski definition) is 0. The molecule has 0 aliphatic heterocycles. The molecule has 0 fully saturated rings. The number of anilines is 3. The number of hydrogen-bond acceptors (Lipinski definition) is 1. The maximum absolute atomic E-state index is 2.49. The predicted octanol–water partition coefficient (Wildman–Crippen LogP) is 15.8. The summed E-state index contributed by atoms with van der Waals surface area (Å²) in [5, 5.41) is 5.07. The summed E-state index contributed by atoms with van der Waals surface area (Å²) < 4.78 is 0. The lowest BCUT2D eigenvalue weighted by Crippen LogP contribution is -2.28. The van der Waals surface area contributed by atoms with E-state index in [9.17, 15) is 0 Å². The van der Waals surface area contributed by atoms with Gasteiger partial charge in [-0.25, -0.2) is 0 Å². The molecular weight excluding hydrogens is 735 g/mol. The Morgan fingerprint density at radius 2 is 0.836 bits per heavy atom. The Morgan fingerprint density at radius 3 is 1.54 bits per heavy atom. The van der Waals surface area contributed by atoms with Gasteiger partial charge in [-0.3, -0.25) is 0 Å². The van der Waals surface area contributed by atoms with Crippen LogP contribution >= 0.6 is 0 Å². The smallest absolute Gasteiger partial charge is 0.0714 e. The van der Waals surface area contributed by atoms with Crippen LogP contribution in [-0.4, -0.2) is 0 Å². The summed E-state index contributed by atoms with van der Waals surface area (Å²) >= 11 is 0. The van der Waals surface area contributed by atoms with E-state index in [1.54, 1.807) is 0 Å². The quantitative estimate of drug-likeness (QED) is 0.163. The van der Waals surface area contributed by atoms with Gasteiger partial charge < -0.3 is 4.90 Å². The van der Waals surface area contributed by atoms with Crippen molar-refractivity contribution < 1.29 is 0 Å². The van der Waals surface area contributed by atoms with E-state index in [1.165, 1.54) is 88.3 Å². The molecule has 12 rings (SSSR count). The molecule has 0 unspecified atom stereocenters. The second-order valence-electron chi connectivity index (χ2n) is 17.2. The van der Waals surface area contributed by atoms with Crippen LogP contribution in [0.2, 0.25) is 0 Å². The monoisotopic (exact) mass is 777 g/mol. The van der Waals surface area contributed by atoms with E-state index in [-0.39, 0.29) is 5.41 Å². The van der Waals surface area contributed by atoms with E-state index in [4.69, 9.17) is 0 Å². The van der Waals surface area contributed by atoms with Gasteiger partial charge in [-0.15, -0.1) is 0 Å². The maximum atomic E-state index is 2.49. The SMILES string of the molecule is CC1(C)c2cc(N(c3ccc4c(c3)C(c3ccccc3)(c3ccccc3)c3ccccc3-4)c3ccc4ccccc4c3)ccc2-c2cc(-c3ccccc3)c3ccccc3c21. The minimum absolute atomic E-state index is 0.236. The summed E-state index contributed by atoms with van der Waals surface area (Å²) in [7, 11) is 0. The second-order valence-corrected chi connectivity index (χ2v) is 17.2. The van der Waals surface area contributed by atoms with Crippen molar-refractivity contribution in [1.29, 1.82) is 0 Å². The molecule has 0 saturated heterocycles. The Hall–Kier alpha value is -7.48. The van der Waals surface area contributed by atoms with E-state index in [0.717, 1.165) is 17.1 Å². The fraction of sp³-hybridized carbons (Fsp3) is 0.0667. The molecule has 0 heterocycles. The van der Waals surface area contributed by atoms with Gasteiger partial charge in [0.05, 0.1) is 5.41 Å². The van der Waals surface area contributed by atoms with Gasteiger partial charge in [0.2, 0.25) is 0 Å². The van der Waals surface area contributed by atoms with E-state index >= 15 is 0 Å². The van der Waals surface area contributed by atoms with Gasteiger partial charge in [-0.05, 0) is 131 Å². The van der Waals surface area contributed by atoms with Crippen molar-refractivity contribution in [2.75, 3.05) is 4.90 Å². The van der Waals surface area contributed by atoms with E-state index in [2.05, 4.69) is 243 Å². The fourth-order valence-electron chi connectivity index (χ4n) is 11.0. The molecule has 288 valence electrons. The lowest BCUT2D eigenvalue weighted by Gasteiger charge is -2.35.